The second kappa shape index (κ2) is 10.8. The van der Waals surface area contributed by atoms with Gasteiger partial charge in [-0.2, -0.15) is 0 Å². The molecular formula is C29H32N6O4. The third-order valence-corrected chi connectivity index (χ3v) is 5.77. The first kappa shape index (κ1) is 27.1. The molecule has 0 bridgehead atoms. The van der Waals surface area contributed by atoms with Crippen molar-refractivity contribution < 1.29 is 19.1 Å². The van der Waals surface area contributed by atoms with Gasteiger partial charge < -0.3 is 30.2 Å². The highest BCUT2D eigenvalue weighted by atomic mass is 16.6. The van der Waals surface area contributed by atoms with Gasteiger partial charge in [0, 0.05) is 49.1 Å². The average Bonchev–Trinajstić information content (AvgIpc) is 3.42. The van der Waals surface area contributed by atoms with Crippen LogP contribution in [0.2, 0.25) is 0 Å². The maximum atomic E-state index is 12.9. The second-order valence-corrected chi connectivity index (χ2v) is 10.2. The molecule has 202 valence electrons. The highest BCUT2D eigenvalue weighted by Gasteiger charge is 2.19. The second-order valence-electron chi connectivity index (χ2n) is 10.2. The molecule has 0 saturated heterocycles. The minimum Gasteiger partial charge on any atom is -0.444 e. The predicted molar refractivity (Wildman–Crippen MR) is 153 cm³/mol. The molecule has 10 heteroatoms. The van der Waals surface area contributed by atoms with Crippen LogP contribution >= 0.6 is 0 Å². The highest BCUT2D eigenvalue weighted by molar-refractivity contribution is 6.05. The molecule has 0 aliphatic heterocycles. The van der Waals surface area contributed by atoms with Crippen molar-refractivity contribution in [2.24, 2.45) is 14.1 Å². The van der Waals surface area contributed by atoms with Crippen molar-refractivity contribution in [1.29, 1.82) is 0 Å². The van der Waals surface area contributed by atoms with Crippen LogP contribution < -0.4 is 21.7 Å². The summed E-state index contributed by atoms with van der Waals surface area (Å²) in [5, 5.41) is 8.37. The zero-order valence-electron chi connectivity index (χ0n) is 22.5. The van der Waals surface area contributed by atoms with E-state index in [2.05, 4.69) is 16.0 Å². The van der Waals surface area contributed by atoms with Crippen LogP contribution in [0.15, 0.2) is 73.1 Å². The number of nitrogens with zero attached hydrogens (tertiary/aromatic N) is 2. The standard InChI is InChI=1S/C29H32N6O4/c1-29(2,3)39-28(38)33-23-15-25(35(5)17-23)27(37)31-21-10-6-18(7-11-21)19-14-24(34(4)16-19)26(36)32-22-12-8-20(30)9-13-22/h6-17H,30H2,1-5H3,(H,31,37)(H,32,36)(H,33,38). The Labute approximate surface area is 226 Å². The van der Waals surface area contributed by atoms with Crippen molar-refractivity contribution in [3.63, 3.8) is 0 Å². The SMILES string of the molecule is Cn1cc(NC(=O)OC(C)(C)C)cc1C(=O)Nc1ccc(-c2cc(C(=O)Nc3ccc(N)cc3)n(C)c2)cc1. The molecule has 10 nitrogen and oxygen atoms in total. The Hall–Kier alpha value is -4.99. The smallest absolute Gasteiger partial charge is 0.412 e. The van der Waals surface area contributed by atoms with Crippen LogP contribution in [-0.4, -0.2) is 32.6 Å². The summed E-state index contributed by atoms with van der Waals surface area (Å²) in [5.74, 6) is -0.565. The van der Waals surface area contributed by atoms with Crippen LogP contribution in [-0.2, 0) is 18.8 Å². The summed E-state index contributed by atoms with van der Waals surface area (Å²) >= 11 is 0. The fourth-order valence-corrected chi connectivity index (χ4v) is 3.93. The van der Waals surface area contributed by atoms with E-state index in [0.717, 1.165) is 11.1 Å². The van der Waals surface area contributed by atoms with Crippen molar-refractivity contribution in [2.75, 3.05) is 21.7 Å². The number of benzene rings is 2. The number of aryl methyl sites for hydroxylation is 2. The van der Waals surface area contributed by atoms with Gasteiger partial charge in [-0.05, 0) is 74.9 Å². The molecule has 0 spiro atoms. The van der Waals surface area contributed by atoms with Gasteiger partial charge in [-0.15, -0.1) is 0 Å². The van der Waals surface area contributed by atoms with Gasteiger partial charge in [0.1, 0.15) is 17.0 Å². The molecule has 39 heavy (non-hydrogen) atoms. The molecular weight excluding hydrogens is 496 g/mol. The Balaban J connectivity index is 1.41. The van der Waals surface area contributed by atoms with Gasteiger partial charge in [0.05, 0.1) is 5.69 Å². The van der Waals surface area contributed by atoms with Gasteiger partial charge in [0.15, 0.2) is 0 Å². The molecule has 0 saturated carbocycles. The number of amides is 3. The van der Waals surface area contributed by atoms with Crippen LogP contribution in [0.4, 0.5) is 27.5 Å². The van der Waals surface area contributed by atoms with Crippen LogP contribution in [0.3, 0.4) is 0 Å². The van der Waals surface area contributed by atoms with Gasteiger partial charge in [0.2, 0.25) is 0 Å². The summed E-state index contributed by atoms with van der Waals surface area (Å²) in [6.45, 7) is 5.33. The Bertz CT molecular complexity index is 1510. The molecule has 0 radical (unpaired) electrons. The molecule has 0 aliphatic rings. The van der Waals surface area contributed by atoms with E-state index in [1.807, 2.05) is 31.4 Å². The van der Waals surface area contributed by atoms with Crippen LogP contribution in [0, 0.1) is 0 Å². The monoisotopic (exact) mass is 528 g/mol. The molecule has 4 aromatic rings. The van der Waals surface area contributed by atoms with E-state index in [4.69, 9.17) is 10.5 Å². The number of anilines is 4. The molecule has 0 aliphatic carbocycles. The molecule has 2 aromatic carbocycles. The lowest BCUT2D eigenvalue weighted by molar-refractivity contribution is 0.0635. The van der Waals surface area contributed by atoms with E-state index in [9.17, 15) is 14.4 Å². The lowest BCUT2D eigenvalue weighted by Gasteiger charge is -2.19. The first-order chi connectivity index (χ1) is 18.4. The molecule has 4 rings (SSSR count). The first-order valence-electron chi connectivity index (χ1n) is 12.3. The summed E-state index contributed by atoms with van der Waals surface area (Å²) in [4.78, 5) is 37.7. The van der Waals surface area contributed by atoms with Crippen molar-refractivity contribution in [2.45, 2.75) is 26.4 Å². The van der Waals surface area contributed by atoms with Crippen LogP contribution in [0.5, 0.6) is 0 Å². The van der Waals surface area contributed by atoms with Crippen molar-refractivity contribution in [3.8, 4) is 11.1 Å². The average molecular weight is 529 g/mol. The summed E-state index contributed by atoms with van der Waals surface area (Å²) in [6.07, 6.45) is 2.91. The topological polar surface area (TPSA) is 132 Å². The highest BCUT2D eigenvalue weighted by Crippen LogP contribution is 2.25. The number of ether oxygens (including phenoxy) is 1. The molecule has 5 N–H and O–H groups in total. The number of carbonyl (C=O) groups excluding carboxylic acids is 3. The molecule has 3 amide bonds. The lowest BCUT2D eigenvalue weighted by Crippen LogP contribution is -2.27. The number of nitrogen functional groups attached to an aromatic ring is 1. The van der Waals surface area contributed by atoms with E-state index in [1.54, 1.807) is 85.6 Å². The number of hydrogen-bond acceptors (Lipinski definition) is 5. The van der Waals surface area contributed by atoms with E-state index < -0.39 is 11.7 Å². The zero-order valence-corrected chi connectivity index (χ0v) is 22.5. The number of carbonyl (C=O) groups is 3. The van der Waals surface area contributed by atoms with Crippen LogP contribution in [0.1, 0.15) is 41.7 Å². The number of aromatic nitrogens is 2. The van der Waals surface area contributed by atoms with Crippen molar-refractivity contribution in [3.05, 3.63) is 84.4 Å². The lowest BCUT2D eigenvalue weighted by atomic mass is 10.1. The molecule has 0 fully saturated rings. The molecule has 2 heterocycles. The zero-order chi connectivity index (χ0) is 28.3. The number of nitrogens with one attached hydrogen (secondary N) is 3. The third-order valence-electron chi connectivity index (χ3n) is 5.77. The normalized spacial score (nSPS) is 11.1. The van der Waals surface area contributed by atoms with E-state index in [0.29, 0.717) is 34.1 Å². The van der Waals surface area contributed by atoms with Gasteiger partial charge in [-0.3, -0.25) is 14.9 Å². The summed E-state index contributed by atoms with van der Waals surface area (Å²) < 4.78 is 8.64. The minimum absolute atomic E-state index is 0.236. The molecule has 0 atom stereocenters. The minimum atomic E-state index is -0.628. The van der Waals surface area contributed by atoms with Crippen molar-refractivity contribution in [1.82, 2.24) is 9.13 Å². The Morgan fingerprint density at radius 1 is 0.692 bits per heavy atom. The summed E-state index contributed by atoms with van der Waals surface area (Å²) in [7, 11) is 3.52. The Morgan fingerprint density at radius 2 is 1.21 bits per heavy atom. The number of nitrogens with two attached hydrogens (primary N) is 1. The van der Waals surface area contributed by atoms with Gasteiger partial charge >= 0.3 is 6.09 Å². The number of rotatable bonds is 6. The molecule has 2 aromatic heterocycles. The fourth-order valence-electron chi connectivity index (χ4n) is 3.93. The maximum Gasteiger partial charge on any atom is 0.412 e. The van der Waals surface area contributed by atoms with E-state index >= 15 is 0 Å². The van der Waals surface area contributed by atoms with Crippen LogP contribution in [0.25, 0.3) is 11.1 Å². The molecule has 0 unspecified atom stereocenters. The van der Waals surface area contributed by atoms with Crippen molar-refractivity contribution >= 4 is 40.7 Å². The Kier molecular flexibility index (Phi) is 7.48. The summed E-state index contributed by atoms with van der Waals surface area (Å²) in [5.41, 5.74) is 10.0. The number of hydrogen-bond donors (Lipinski definition) is 4. The maximum absolute atomic E-state index is 12.9. The Morgan fingerprint density at radius 3 is 1.77 bits per heavy atom. The summed E-state index contributed by atoms with van der Waals surface area (Å²) in [6, 6.07) is 17.6. The fraction of sp³-hybridized carbons (Fsp3) is 0.207. The van der Waals surface area contributed by atoms with E-state index in [-0.39, 0.29) is 11.8 Å². The third kappa shape index (κ3) is 6.86. The quantitative estimate of drug-likeness (QED) is 0.247. The largest absolute Gasteiger partial charge is 0.444 e. The first-order valence-corrected chi connectivity index (χ1v) is 12.3. The van der Waals surface area contributed by atoms with Gasteiger partial charge in [0.25, 0.3) is 11.8 Å². The van der Waals surface area contributed by atoms with Gasteiger partial charge in [-0.1, -0.05) is 12.1 Å². The van der Waals surface area contributed by atoms with Gasteiger partial charge in [-0.25, -0.2) is 4.79 Å². The van der Waals surface area contributed by atoms with E-state index in [1.165, 1.54) is 0 Å². The predicted octanol–water partition coefficient (Wildman–Crippen LogP) is 5.46.